The van der Waals surface area contributed by atoms with Crippen LogP contribution < -0.4 is 5.32 Å². The summed E-state index contributed by atoms with van der Waals surface area (Å²) in [6.45, 7) is 6.03. The molecule has 0 aliphatic carbocycles. The van der Waals surface area contributed by atoms with Crippen molar-refractivity contribution in [3.05, 3.63) is 0 Å². The maximum atomic E-state index is 12.1. The summed E-state index contributed by atoms with van der Waals surface area (Å²) in [5.41, 5.74) is 0. The van der Waals surface area contributed by atoms with Gasteiger partial charge < -0.3 is 5.32 Å². The number of hydrogen-bond donors (Lipinski definition) is 1. The summed E-state index contributed by atoms with van der Waals surface area (Å²) in [6.07, 6.45) is 5.73. The van der Waals surface area contributed by atoms with E-state index in [0.717, 1.165) is 44.5 Å². The summed E-state index contributed by atoms with van der Waals surface area (Å²) in [4.78, 5) is 0. The van der Waals surface area contributed by atoms with Crippen molar-refractivity contribution in [1.82, 2.24) is 9.62 Å². The first-order valence-corrected chi connectivity index (χ1v) is 10.1. The Balaban J connectivity index is 3.95. The van der Waals surface area contributed by atoms with Gasteiger partial charge in [0.05, 0.1) is 5.75 Å². The zero-order chi connectivity index (χ0) is 14.7. The topological polar surface area (TPSA) is 49.4 Å². The molecule has 0 aliphatic heterocycles. The van der Waals surface area contributed by atoms with Gasteiger partial charge in [0.25, 0.3) is 0 Å². The molecule has 0 fully saturated rings. The second-order valence-corrected chi connectivity index (χ2v) is 8.05. The third-order valence-electron chi connectivity index (χ3n) is 3.23. The fourth-order valence-electron chi connectivity index (χ4n) is 1.72. The van der Waals surface area contributed by atoms with E-state index in [2.05, 4.69) is 12.2 Å². The van der Waals surface area contributed by atoms with Crippen LogP contribution in [0.25, 0.3) is 0 Å². The molecule has 19 heavy (non-hydrogen) atoms. The standard InChI is InChI=1S/C13H30N2O2S2/c1-5-9-14-10-6-7-12-19(16,17)15(3)13(2)8-11-18-4/h13-14H,5-12H2,1-4H3. The van der Waals surface area contributed by atoms with Gasteiger partial charge in [0.15, 0.2) is 0 Å². The summed E-state index contributed by atoms with van der Waals surface area (Å²) in [6, 6.07) is 0.0932. The van der Waals surface area contributed by atoms with E-state index in [9.17, 15) is 8.42 Å². The van der Waals surface area contributed by atoms with Crippen LogP contribution in [0.4, 0.5) is 0 Å². The van der Waals surface area contributed by atoms with Gasteiger partial charge in [0.2, 0.25) is 10.0 Å². The predicted molar refractivity (Wildman–Crippen MR) is 86.4 cm³/mol. The Morgan fingerprint density at radius 1 is 1.26 bits per heavy atom. The molecule has 0 aromatic carbocycles. The van der Waals surface area contributed by atoms with E-state index in [0.29, 0.717) is 0 Å². The molecule has 0 spiro atoms. The lowest BCUT2D eigenvalue weighted by Crippen LogP contribution is -2.37. The first-order valence-electron chi connectivity index (χ1n) is 7.11. The Morgan fingerprint density at radius 2 is 1.95 bits per heavy atom. The molecule has 116 valence electrons. The Hall–Kier alpha value is 0.220. The van der Waals surface area contributed by atoms with Crippen molar-refractivity contribution in [3.63, 3.8) is 0 Å². The van der Waals surface area contributed by atoms with Gasteiger partial charge in [-0.1, -0.05) is 6.92 Å². The lowest BCUT2D eigenvalue weighted by molar-refractivity contribution is 0.381. The molecule has 1 N–H and O–H groups in total. The Kier molecular flexibility index (Phi) is 11.1. The summed E-state index contributed by atoms with van der Waals surface area (Å²) in [5.74, 6) is 1.27. The predicted octanol–water partition coefficient (Wildman–Crippen LogP) is 2.17. The zero-order valence-electron chi connectivity index (χ0n) is 12.8. The van der Waals surface area contributed by atoms with Gasteiger partial charge >= 0.3 is 0 Å². The van der Waals surface area contributed by atoms with Crippen molar-refractivity contribution in [1.29, 1.82) is 0 Å². The molecule has 0 heterocycles. The Morgan fingerprint density at radius 3 is 2.53 bits per heavy atom. The number of thioether (sulfide) groups is 1. The van der Waals surface area contributed by atoms with Crippen LogP contribution in [0.2, 0.25) is 0 Å². The van der Waals surface area contributed by atoms with Crippen LogP contribution >= 0.6 is 11.8 Å². The number of nitrogens with zero attached hydrogens (tertiary/aromatic N) is 1. The van der Waals surface area contributed by atoms with E-state index >= 15 is 0 Å². The maximum Gasteiger partial charge on any atom is 0.214 e. The molecule has 0 radical (unpaired) electrons. The summed E-state index contributed by atoms with van der Waals surface area (Å²) < 4.78 is 25.8. The number of rotatable bonds is 12. The van der Waals surface area contributed by atoms with Crippen LogP contribution in [0.1, 0.15) is 39.5 Å². The molecule has 1 unspecified atom stereocenters. The van der Waals surface area contributed by atoms with Gasteiger partial charge in [-0.3, -0.25) is 0 Å². The molecule has 4 nitrogen and oxygen atoms in total. The molecular formula is C13H30N2O2S2. The molecule has 0 aromatic rings. The minimum Gasteiger partial charge on any atom is -0.317 e. The molecule has 0 aromatic heterocycles. The van der Waals surface area contributed by atoms with Crippen molar-refractivity contribution >= 4 is 21.8 Å². The minimum absolute atomic E-state index is 0.0932. The number of nitrogens with one attached hydrogen (secondary N) is 1. The second-order valence-electron chi connectivity index (χ2n) is 4.92. The molecule has 0 saturated heterocycles. The molecule has 1 atom stereocenters. The van der Waals surface area contributed by atoms with Crippen molar-refractivity contribution < 1.29 is 8.42 Å². The second kappa shape index (κ2) is 10.9. The monoisotopic (exact) mass is 310 g/mol. The number of sulfonamides is 1. The van der Waals surface area contributed by atoms with E-state index in [-0.39, 0.29) is 11.8 Å². The van der Waals surface area contributed by atoms with Crippen LogP contribution in [-0.2, 0) is 10.0 Å². The lowest BCUT2D eigenvalue weighted by Gasteiger charge is -2.24. The summed E-state index contributed by atoms with van der Waals surface area (Å²) >= 11 is 1.76. The van der Waals surface area contributed by atoms with Gasteiger partial charge in [-0.2, -0.15) is 11.8 Å². The van der Waals surface area contributed by atoms with Gasteiger partial charge in [0, 0.05) is 13.1 Å². The minimum atomic E-state index is -3.09. The Bertz CT molecular complexity index is 308. The largest absolute Gasteiger partial charge is 0.317 e. The molecule has 0 saturated carbocycles. The fourth-order valence-corrected chi connectivity index (χ4v) is 3.81. The summed E-state index contributed by atoms with van der Waals surface area (Å²) in [7, 11) is -1.38. The van der Waals surface area contributed by atoms with Crippen molar-refractivity contribution in [2.75, 3.05) is 37.9 Å². The van der Waals surface area contributed by atoms with E-state index in [4.69, 9.17) is 0 Å². The molecule has 0 amide bonds. The van der Waals surface area contributed by atoms with Crippen molar-refractivity contribution in [2.45, 2.75) is 45.6 Å². The van der Waals surface area contributed by atoms with E-state index in [1.165, 1.54) is 0 Å². The van der Waals surface area contributed by atoms with Gasteiger partial charge in [-0.05, 0) is 57.7 Å². The highest BCUT2D eigenvalue weighted by atomic mass is 32.2. The van der Waals surface area contributed by atoms with Crippen LogP contribution in [0, 0.1) is 0 Å². The maximum absolute atomic E-state index is 12.1. The highest BCUT2D eigenvalue weighted by Crippen LogP contribution is 2.11. The van der Waals surface area contributed by atoms with Crippen molar-refractivity contribution in [3.8, 4) is 0 Å². The van der Waals surface area contributed by atoms with Crippen LogP contribution in [0.3, 0.4) is 0 Å². The van der Waals surface area contributed by atoms with Gasteiger partial charge in [-0.15, -0.1) is 0 Å². The first-order chi connectivity index (χ1) is 8.95. The summed E-state index contributed by atoms with van der Waals surface area (Å²) in [5, 5.41) is 3.29. The highest BCUT2D eigenvalue weighted by Gasteiger charge is 2.22. The highest BCUT2D eigenvalue weighted by molar-refractivity contribution is 7.98. The molecule has 6 heteroatoms. The first kappa shape index (κ1) is 19.2. The van der Waals surface area contributed by atoms with Crippen LogP contribution in [0.15, 0.2) is 0 Å². The van der Waals surface area contributed by atoms with E-state index in [1.807, 2.05) is 13.2 Å². The van der Waals surface area contributed by atoms with E-state index < -0.39 is 10.0 Å². The van der Waals surface area contributed by atoms with Crippen LogP contribution in [-0.4, -0.2) is 56.7 Å². The average Bonchev–Trinajstić information content (AvgIpc) is 2.39. The van der Waals surface area contributed by atoms with E-state index in [1.54, 1.807) is 23.1 Å². The zero-order valence-corrected chi connectivity index (χ0v) is 14.4. The number of unbranched alkanes of at least 4 members (excludes halogenated alkanes) is 1. The molecular weight excluding hydrogens is 280 g/mol. The third kappa shape index (κ3) is 8.89. The molecule has 0 bridgehead atoms. The third-order valence-corrected chi connectivity index (χ3v) is 5.92. The van der Waals surface area contributed by atoms with Gasteiger partial charge in [-0.25, -0.2) is 12.7 Å². The smallest absolute Gasteiger partial charge is 0.214 e. The SMILES string of the molecule is CCCNCCCCS(=O)(=O)N(C)C(C)CCSC. The van der Waals surface area contributed by atoms with Crippen molar-refractivity contribution in [2.24, 2.45) is 0 Å². The molecule has 0 aliphatic rings. The normalized spacial score (nSPS) is 13.9. The van der Waals surface area contributed by atoms with Gasteiger partial charge in [0.1, 0.15) is 0 Å². The Labute approximate surface area is 123 Å². The van der Waals surface area contributed by atoms with Crippen LogP contribution in [0.5, 0.6) is 0 Å². The lowest BCUT2D eigenvalue weighted by atomic mass is 10.3. The fraction of sp³-hybridized carbons (Fsp3) is 1.00. The molecule has 0 rings (SSSR count). The average molecular weight is 311 g/mol. The quantitative estimate of drug-likeness (QED) is 0.561. The number of hydrogen-bond acceptors (Lipinski definition) is 4.